The first-order chi connectivity index (χ1) is 16.7. The molecule has 2 aromatic carbocycles. The molecule has 0 unspecified atom stereocenters. The highest BCUT2D eigenvalue weighted by Gasteiger charge is 2.28. The van der Waals surface area contributed by atoms with Crippen LogP contribution in [-0.4, -0.2) is 32.2 Å². The summed E-state index contributed by atoms with van der Waals surface area (Å²) in [6.07, 6.45) is 2.48. The average Bonchev–Trinajstić information content (AvgIpc) is 2.80. The summed E-state index contributed by atoms with van der Waals surface area (Å²) in [5.74, 6) is -5.99. The van der Waals surface area contributed by atoms with E-state index in [1.165, 1.54) is 11.1 Å². The maximum absolute atomic E-state index is 16.0. The van der Waals surface area contributed by atoms with E-state index >= 15 is 8.78 Å². The fourth-order valence-corrected chi connectivity index (χ4v) is 4.24. The second-order valence-electron chi connectivity index (χ2n) is 7.93. The third-order valence-corrected chi connectivity index (χ3v) is 5.83. The zero-order chi connectivity index (χ0) is 25.0. The van der Waals surface area contributed by atoms with E-state index in [9.17, 15) is 23.5 Å². The van der Waals surface area contributed by atoms with Gasteiger partial charge in [-0.05, 0) is 18.2 Å². The van der Waals surface area contributed by atoms with Crippen LogP contribution in [0, 0.1) is 23.3 Å². The summed E-state index contributed by atoms with van der Waals surface area (Å²) in [7, 11) is 0. The molecule has 0 amide bonds. The van der Waals surface area contributed by atoms with E-state index in [4.69, 9.17) is 5.73 Å². The van der Waals surface area contributed by atoms with Gasteiger partial charge in [-0.2, -0.15) is 0 Å². The van der Waals surface area contributed by atoms with Crippen LogP contribution in [0.3, 0.4) is 0 Å². The number of fused-ring (bicyclic) bond motifs is 2. The number of hydrogen-bond donors (Lipinski definition) is 2. The molecule has 0 aliphatic carbocycles. The normalized spacial score (nSPS) is 13.2. The fourth-order valence-electron chi connectivity index (χ4n) is 4.24. The summed E-state index contributed by atoms with van der Waals surface area (Å²) >= 11 is 0. The number of nitrogens with zero attached hydrogens (tertiary/aromatic N) is 4. The Kier molecular flexibility index (Phi) is 5.15. The summed E-state index contributed by atoms with van der Waals surface area (Å²) in [5.41, 5.74) is 3.35. The highest BCUT2D eigenvalue weighted by atomic mass is 19.1. The zero-order valence-corrected chi connectivity index (χ0v) is 17.7. The lowest BCUT2D eigenvalue weighted by Gasteiger charge is -2.31. The number of hydrogen-bond acceptors (Lipinski definition) is 6. The first kappa shape index (κ1) is 22.3. The minimum absolute atomic E-state index is 0.0251. The smallest absolute Gasteiger partial charge is 0.341 e. The Morgan fingerprint density at radius 3 is 2.60 bits per heavy atom. The molecule has 0 bridgehead atoms. The number of pyridine rings is 1. The van der Waals surface area contributed by atoms with Crippen LogP contribution < -0.4 is 16.1 Å². The van der Waals surface area contributed by atoms with Gasteiger partial charge in [0.25, 0.3) is 0 Å². The molecule has 5 rings (SSSR count). The molecule has 3 N–H and O–H groups in total. The quantitative estimate of drug-likeness (QED) is 0.429. The van der Waals surface area contributed by atoms with Gasteiger partial charge in [0.1, 0.15) is 28.7 Å². The predicted molar refractivity (Wildman–Crippen MR) is 118 cm³/mol. The summed E-state index contributed by atoms with van der Waals surface area (Å²) < 4.78 is 60.1. The Morgan fingerprint density at radius 1 is 1.11 bits per heavy atom. The lowest BCUT2D eigenvalue weighted by Crippen LogP contribution is -2.33. The van der Waals surface area contributed by atoms with Crippen molar-refractivity contribution in [2.75, 3.05) is 17.2 Å². The number of nitrogens with two attached hydrogens (primary N) is 1. The SMILES string of the molecule is Nc1ncc2c(n1)CCN(c1c(F)cc3c(=O)c(C(=O)O)cn(-c4ccc(F)cc4F)c3c1F)C2. The second kappa shape index (κ2) is 8.08. The number of benzene rings is 2. The van der Waals surface area contributed by atoms with Crippen LogP contribution in [0.1, 0.15) is 21.6 Å². The van der Waals surface area contributed by atoms with Crippen LogP contribution >= 0.6 is 0 Å². The second-order valence-corrected chi connectivity index (χ2v) is 7.93. The zero-order valence-electron chi connectivity index (χ0n) is 17.7. The Hall–Kier alpha value is -4.48. The van der Waals surface area contributed by atoms with Gasteiger partial charge in [0.05, 0.1) is 22.3 Å². The molecule has 0 saturated heterocycles. The molecule has 2 aromatic heterocycles. The number of halogens is 4. The maximum atomic E-state index is 16.0. The molecular formula is C23H15F4N5O3. The minimum Gasteiger partial charge on any atom is -0.477 e. The summed E-state index contributed by atoms with van der Waals surface area (Å²) in [6, 6.07) is 3.09. The number of carbonyl (C=O) groups is 1. The topological polar surface area (TPSA) is 114 Å². The molecule has 1 aliphatic rings. The lowest BCUT2D eigenvalue weighted by molar-refractivity contribution is 0.0695. The molecule has 8 nitrogen and oxygen atoms in total. The molecule has 0 saturated carbocycles. The van der Waals surface area contributed by atoms with Crippen molar-refractivity contribution in [2.24, 2.45) is 0 Å². The minimum atomic E-state index is -1.68. The first-order valence-electron chi connectivity index (χ1n) is 10.3. The Morgan fingerprint density at radius 2 is 1.89 bits per heavy atom. The number of nitrogen functional groups attached to an aromatic ring is 1. The van der Waals surface area contributed by atoms with Crippen molar-refractivity contribution in [3.05, 3.63) is 87.0 Å². The Balaban J connectivity index is 1.78. The van der Waals surface area contributed by atoms with Gasteiger partial charge in [-0.3, -0.25) is 4.79 Å². The van der Waals surface area contributed by atoms with Gasteiger partial charge in [-0.1, -0.05) is 0 Å². The van der Waals surface area contributed by atoms with Crippen molar-refractivity contribution >= 4 is 28.5 Å². The Bertz CT molecular complexity index is 1610. The van der Waals surface area contributed by atoms with Crippen molar-refractivity contribution in [3.8, 4) is 5.69 Å². The number of rotatable bonds is 3. The van der Waals surface area contributed by atoms with Gasteiger partial charge in [0, 0.05) is 43.5 Å². The summed E-state index contributed by atoms with van der Waals surface area (Å²) in [4.78, 5) is 33.8. The number of aromatic carboxylic acids is 1. The van der Waals surface area contributed by atoms with Crippen LogP contribution in [0.2, 0.25) is 0 Å². The van der Waals surface area contributed by atoms with Crippen LogP contribution in [-0.2, 0) is 13.0 Å². The van der Waals surface area contributed by atoms with Crippen LogP contribution in [0.25, 0.3) is 16.6 Å². The molecule has 0 atom stereocenters. The van der Waals surface area contributed by atoms with E-state index in [2.05, 4.69) is 9.97 Å². The van der Waals surface area contributed by atoms with Crippen molar-refractivity contribution < 1.29 is 27.5 Å². The van der Waals surface area contributed by atoms with Gasteiger partial charge in [0.15, 0.2) is 5.82 Å². The van der Waals surface area contributed by atoms with Gasteiger partial charge < -0.3 is 20.3 Å². The molecule has 178 valence electrons. The van der Waals surface area contributed by atoms with Gasteiger partial charge in [-0.25, -0.2) is 32.3 Å². The predicted octanol–water partition coefficient (Wildman–Crippen LogP) is 3.18. The molecular weight excluding hydrogens is 470 g/mol. The molecule has 35 heavy (non-hydrogen) atoms. The average molecular weight is 485 g/mol. The third-order valence-electron chi connectivity index (χ3n) is 5.83. The molecule has 0 fully saturated rings. The van der Waals surface area contributed by atoms with Crippen LogP contribution in [0.4, 0.5) is 29.2 Å². The highest BCUT2D eigenvalue weighted by molar-refractivity contribution is 5.94. The molecule has 12 heteroatoms. The van der Waals surface area contributed by atoms with E-state index in [-0.39, 0.29) is 19.0 Å². The summed E-state index contributed by atoms with van der Waals surface area (Å²) in [5, 5.41) is 8.83. The number of aromatic nitrogens is 3. The van der Waals surface area contributed by atoms with Crippen molar-refractivity contribution in [3.63, 3.8) is 0 Å². The molecule has 3 heterocycles. The van der Waals surface area contributed by atoms with Gasteiger partial charge in [-0.15, -0.1) is 0 Å². The van der Waals surface area contributed by atoms with Crippen molar-refractivity contribution in [1.29, 1.82) is 0 Å². The van der Waals surface area contributed by atoms with E-state index in [1.807, 2.05) is 0 Å². The van der Waals surface area contributed by atoms with E-state index in [1.54, 1.807) is 0 Å². The van der Waals surface area contributed by atoms with E-state index < -0.39 is 62.5 Å². The molecule has 1 aliphatic heterocycles. The standard InChI is InChI=1S/C23H15F4N5O3/c24-11-1-2-17(14(25)5-11)32-9-13(22(34)35)21(33)12-6-15(26)20(18(27)19(12)32)31-4-3-16-10(8-31)7-29-23(28)30-16/h1-2,5-7,9H,3-4,8H2,(H,34,35)(H2,28,29,30). The highest BCUT2D eigenvalue weighted by Crippen LogP contribution is 2.34. The molecule has 4 aromatic rings. The lowest BCUT2D eigenvalue weighted by atomic mass is 10.0. The van der Waals surface area contributed by atoms with Crippen LogP contribution in [0.5, 0.6) is 0 Å². The maximum Gasteiger partial charge on any atom is 0.341 e. The number of carboxylic acid groups (broad SMARTS) is 1. The fraction of sp³-hybridized carbons (Fsp3) is 0.130. The van der Waals surface area contributed by atoms with Gasteiger partial charge >= 0.3 is 5.97 Å². The van der Waals surface area contributed by atoms with Crippen molar-refractivity contribution in [2.45, 2.75) is 13.0 Å². The number of anilines is 2. The Labute approximate surface area is 193 Å². The third kappa shape index (κ3) is 3.63. The van der Waals surface area contributed by atoms with Crippen molar-refractivity contribution in [1.82, 2.24) is 14.5 Å². The molecule has 0 spiro atoms. The summed E-state index contributed by atoms with van der Waals surface area (Å²) in [6.45, 7) is 0.169. The monoisotopic (exact) mass is 485 g/mol. The van der Waals surface area contributed by atoms with E-state index in [0.717, 1.165) is 29.0 Å². The van der Waals surface area contributed by atoms with Crippen LogP contribution in [0.15, 0.2) is 41.5 Å². The van der Waals surface area contributed by atoms with Gasteiger partial charge in [0.2, 0.25) is 11.4 Å². The number of carboxylic acids is 1. The molecule has 0 radical (unpaired) electrons. The van der Waals surface area contributed by atoms with E-state index in [0.29, 0.717) is 23.7 Å². The first-order valence-corrected chi connectivity index (χ1v) is 10.3. The largest absolute Gasteiger partial charge is 0.477 e.